The standard InChI is InChI=1S/C13H12BrClFNS/c1-2-17-13(10-6-18-7-11(10)14)9-5-8(15)3-4-12(9)16/h3-7,13,17H,2H2,1H3. The average molecular weight is 349 g/mol. The highest BCUT2D eigenvalue weighted by Crippen LogP contribution is 2.33. The first-order valence-corrected chi connectivity index (χ1v) is 7.64. The van der Waals surface area contributed by atoms with Crippen molar-refractivity contribution < 1.29 is 4.39 Å². The third kappa shape index (κ3) is 2.94. The van der Waals surface area contributed by atoms with Crippen molar-refractivity contribution in [3.63, 3.8) is 0 Å². The molecule has 0 aliphatic rings. The quantitative estimate of drug-likeness (QED) is 0.819. The molecule has 0 saturated carbocycles. The molecule has 1 atom stereocenters. The number of thiophene rings is 1. The molecule has 18 heavy (non-hydrogen) atoms. The summed E-state index contributed by atoms with van der Waals surface area (Å²) in [6, 6.07) is 4.46. The van der Waals surface area contributed by atoms with Crippen LogP contribution in [0.4, 0.5) is 4.39 Å². The van der Waals surface area contributed by atoms with Gasteiger partial charge in [-0.05, 0) is 51.6 Å². The van der Waals surface area contributed by atoms with E-state index in [1.54, 1.807) is 23.5 Å². The van der Waals surface area contributed by atoms with Crippen molar-refractivity contribution in [1.29, 1.82) is 0 Å². The Bertz CT molecular complexity index is 544. The fourth-order valence-corrected chi connectivity index (χ4v) is 3.56. The van der Waals surface area contributed by atoms with E-state index in [2.05, 4.69) is 21.2 Å². The number of hydrogen-bond acceptors (Lipinski definition) is 2. The molecule has 0 aliphatic heterocycles. The molecular weight excluding hydrogens is 337 g/mol. The van der Waals surface area contributed by atoms with Crippen LogP contribution in [0.5, 0.6) is 0 Å². The summed E-state index contributed by atoms with van der Waals surface area (Å²) in [5.41, 5.74) is 1.60. The van der Waals surface area contributed by atoms with E-state index in [1.807, 2.05) is 17.7 Å². The van der Waals surface area contributed by atoms with E-state index < -0.39 is 0 Å². The Morgan fingerprint density at radius 1 is 1.39 bits per heavy atom. The lowest BCUT2D eigenvalue weighted by atomic mass is 10.0. The van der Waals surface area contributed by atoms with Gasteiger partial charge < -0.3 is 5.32 Å². The molecule has 1 aromatic heterocycles. The van der Waals surface area contributed by atoms with Crippen LogP contribution in [0.25, 0.3) is 0 Å². The minimum atomic E-state index is -0.247. The summed E-state index contributed by atoms with van der Waals surface area (Å²) < 4.78 is 14.9. The van der Waals surface area contributed by atoms with Gasteiger partial charge in [0, 0.05) is 20.4 Å². The zero-order chi connectivity index (χ0) is 13.1. The third-order valence-electron chi connectivity index (χ3n) is 2.63. The molecule has 1 aromatic carbocycles. The Kier molecular flexibility index (Phi) is 4.78. The van der Waals surface area contributed by atoms with Crippen LogP contribution in [0, 0.1) is 5.82 Å². The van der Waals surface area contributed by atoms with Crippen molar-refractivity contribution in [3.05, 3.63) is 55.4 Å². The summed E-state index contributed by atoms with van der Waals surface area (Å²) in [5.74, 6) is -0.247. The predicted octanol–water partition coefficient (Wildman–Crippen LogP) is 5.00. The summed E-state index contributed by atoms with van der Waals surface area (Å²) in [6.45, 7) is 2.74. The van der Waals surface area contributed by atoms with Crippen LogP contribution in [0.2, 0.25) is 5.02 Å². The van der Waals surface area contributed by atoms with Gasteiger partial charge in [-0.15, -0.1) is 0 Å². The van der Waals surface area contributed by atoms with Gasteiger partial charge in [0.25, 0.3) is 0 Å². The molecule has 2 aromatic rings. The zero-order valence-electron chi connectivity index (χ0n) is 9.71. The fourth-order valence-electron chi connectivity index (χ4n) is 1.82. The van der Waals surface area contributed by atoms with E-state index in [0.717, 1.165) is 16.6 Å². The highest BCUT2D eigenvalue weighted by Gasteiger charge is 2.20. The largest absolute Gasteiger partial charge is 0.306 e. The molecule has 0 bridgehead atoms. The molecule has 0 fully saturated rings. The second-order valence-electron chi connectivity index (χ2n) is 3.83. The van der Waals surface area contributed by atoms with E-state index in [4.69, 9.17) is 11.6 Å². The Labute approximate surface area is 123 Å². The normalized spacial score (nSPS) is 12.7. The Balaban J connectivity index is 2.48. The van der Waals surface area contributed by atoms with Crippen LogP contribution >= 0.6 is 38.9 Å². The maximum Gasteiger partial charge on any atom is 0.128 e. The van der Waals surface area contributed by atoms with Gasteiger partial charge in [-0.25, -0.2) is 4.39 Å². The summed E-state index contributed by atoms with van der Waals surface area (Å²) in [4.78, 5) is 0. The van der Waals surface area contributed by atoms with Gasteiger partial charge in [-0.1, -0.05) is 18.5 Å². The Morgan fingerprint density at radius 2 is 2.17 bits per heavy atom. The average Bonchev–Trinajstić information content (AvgIpc) is 2.76. The first-order chi connectivity index (χ1) is 8.63. The molecule has 5 heteroatoms. The SMILES string of the molecule is CCNC(c1cc(Cl)ccc1F)c1cscc1Br. The first-order valence-electron chi connectivity index (χ1n) is 5.53. The topological polar surface area (TPSA) is 12.0 Å². The van der Waals surface area contributed by atoms with Gasteiger partial charge in [0.2, 0.25) is 0 Å². The number of hydrogen-bond donors (Lipinski definition) is 1. The monoisotopic (exact) mass is 347 g/mol. The predicted molar refractivity (Wildman–Crippen MR) is 78.9 cm³/mol. The van der Waals surface area contributed by atoms with Crippen LogP contribution in [-0.2, 0) is 0 Å². The van der Waals surface area contributed by atoms with E-state index in [0.29, 0.717) is 10.6 Å². The molecule has 0 amide bonds. The van der Waals surface area contributed by atoms with Gasteiger partial charge in [0.05, 0.1) is 6.04 Å². The second-order valence-corrected chi connectivity index (χ2v) is 5.87. The van der Waals surface area contributed by atoms with Crippen molar-refractivity contribution in [2.24, 2.45) is 0 Å². The van der Waals surface area contributed by atoms with Gasteiger partial charge >= 0.3 is 0 Å². The Hall–Kier alpha value is -0.420. The van der Waals surface area contributed by atoms with E-state index in [-0.39, 0.29) is 11.9 Å². The van der Waals surface area contributed by atoms with Crippen molar-refractivity contribution in [3.8, 4) is 0 Å². The number of rotatable bonds is 4. The van der Waals surface area contributed by atoms with Crippen molar-refractivity contribution in [1.82, 2.24) is 5.32 Å². The minimum Gasteiger partial charge on any atom is -0.306 e. The molecule has 1 N–H and O–H groups in total. The van der Waals surface area contributed by atoms with Gasteiger partial charge in [-0.3, -0.25) is 0 Å². The molecule has 2 rings (SSSR count). The molecule has 0 saturated heterocycles. The molecule has 0 aliphatic carbocycles. The van der Waals surface area contributed by atoms with Crippen LogP contribution in [0.15, 0.2) is 33.4 Å². The highest BCUT2D eigenvalue weighted by atomic mass is 79.9. The maximum absolute atomic E-state index is 14.0. The van der Waals surface area contributed by atoms with E-state index >= 15 is 0 Å². The summed E-state index contributed by atoms with van der Waals surface area (Å²) in [5, 5.41) is 7.83. The smallest absolute Gasteiger partial charge is 0.128 e. The maximum atomic E-state index is 14.0. The molecular formula is C13H12BrClFNS. The second kappa shape index (κ2) is 6.15. The van der Waals surface area contributed by atoms with Crippen LogP contribution < -0.4 is 5.32 Å². The molecule has 1 unspecified atom stereocenters. The lowest BCUT2D eigenvalue weighted by Gasteiger charge is -2.19. The number of halogens is 3. The summed E-state index contributed by atoms with van der Waals surface area (Å²) in [7, 11) is 0. The van der Waals surface area contributed by atoms with E-state index in [1.165, 1.54) is 6.07 Å². The number of benzene rings is 1. The molecule has 1 nitrogen and oxygen atoms in total. The lowest BCUT2D eigenvalue weighted by molar-refractivity contribution is 0.559. The fraction of sp³-hybridized carbons (Fsp3) is 0.231. The van der Waals surface area contributed by atoms with Crippen molar-refractivity contribution >= 4 is 38.9 Å². The molecule has 1 heterocycles. The van der Waals surface area contributed by atoms with Crippen LogP contribution in [-0.4, -0.2) is 6.54 Å². The summed E-state index contributed by atoms with van der Waals surface area (Å²) >= 11 is 11.0. The number of nitrogens with one attached hydrogen (secondary N) is 1. The minimum absolute atomic E-state index is 0.186. The lowest BCUT2D eigenvalue weighted by Crippen LogP contribution is -2.22. The third-order valence-corrected chi connectivity index (χ3v) is 4.62. The molecule has 0 radical (unpaired) electrons. The van der Waals surface area contributed by atoms with Crippen LogP contribution in [0.3, 0.4) is 0 Å². The van der Waals surface area contributed by atoms with E-state index in [9.17, 15) is 4.39 Å². The Morgan fingerprint density at radius 3 is 2.78 bits per heavy atom. The molecule has 0 spiro atoms. The first kappa shape index (κ1) is 14.0. The highest BCUT2D eigenvalue weighted by molar-refractivity contribution is 9.10. The van der Waals surface area contributed by atoms with Crippen molar-refractivity contribution in [2.75, 3.05) is 6.54 Å². The summed E-state index contributed by atoms with van der Waals surface area (Å²) in [6.07, 6.45) is 0. The van der Waals surface area contributed by atoms with Crippen LogP contribution in [0.1, 0.15) is 24.1 Å². The molecule has 96 valence electrons. The van der Waals surface area contributed by atoms with Gasteiger partial charge in [-0.2, -0.15) is 11.3 Å². The van der Waals surface area contributed by atoms with Crippen molar-refractivity contribution in [2.45, 2.75) is 13.0 Å². The van der Waals surface area contributed by atoms with Gasteiger partial charge in [0.1, 0.15) is 5.82 Å². The zero-order valence-corrected chi connectivity index (χ0v) is 12.9. The van der Waals surface area contributed by atoms with Gasteiger partial charge in [0.15, 0.2) is 0 Å².